The second-order valence-electron chi connectivity index (χ2n) is 4.76. The van der Waals surface area contributed by atoms with E-state index in [4.69, 9.17) is 23.2 Å². The molecule has 0 bridgehead atoms. The molecule has 23 heavy (non-hydrogen) atoms. The van der Waals surface area contributed by atoms with E-state index >= 15 is 0 Å². The normalized spacial score (nSPS) is 10.9. The van der Waals surface area contributed by atoms with Crippen molar-refractivity contribution in [1.82, 2.24) is 14.5 Å². The van der Waals surface area contributed by atoms with Gasteiger partial charge in [-0.3, -0.25) is 4.79 Å². The molecule has 0 aliphatic heterocycles. The molecule has 0 spiro atoms. The molecule has 3 rings (SSSR count). The molecule has 2 aromatic heterocycles. The number of nitrogens with one attached hydrogen (secondary N) is 1. The molecule has 0 fully saturated rings. The molecule has 1 amide bonds. The van der Waals surface area contributed by atoms with Crippen molar-refractivity contribution in [2.75, 3.05) is 11.1 Å². The maximum absolute atomic E-state index is 12.0. The van der Waals surface area contributed by atoms with Crippen molar-refractivity contribution in [1.29, 1.82) is 0 Å². The number of pyridine rings is 1. The van der Waals surface area contributed by atoms with Crippen molar-refractivity contribution in [3.05, 3.63) is 46.6 Å². The quantitative estimate of drug-likeness (QED) is 0.708. The molecule has 1 aromatic carbocycles. The van der Waals surface area contributed by atoms with Crippen LogP contribution in [-0.2, 0) is 11.8 Å². The Labute approximate surface area is 147 Å². The van der Waals surface area contributed by atoms with E-state index in [-0.39, 0.29) is 11.7 Å². The SMILES string of the molecule is Cn1c(SCC(=O)Nc2ncc(Cl)cc2Cl)nc2ccccc21. The second kappa shape index (κ2) is 6.78. The van der Waals surface area contributed by atoms with Gasteiger partial charge < -0.3 is 9.88 Å². The number of fused-ring (bicyclic) bond motifs is 1. The number of carbonyl (C=O) groups is 1. The smallest absolute Gasteiger partial charge is 0.236 e. The van der Waals surface area contributed by atoms with E-state index in [2.05, 4.69) is 15.3 Å². The minimum Gasteiger partial charge on any atom is -0.322 e. The van der Waals surface area contributed by atoms with Gasteiger partial charge in [-0.15, -0.1) is 0 Å². The zero-order chi connectivity index (χ0) is 16.4. The van der Waals surface area contributed by atoms with Gasteiger partial charge in [-0.05, 0) is 18.2 Å². The molecule has 0 unspecified atom stereocenters. The van der Waals surface area contributed by atoms with Gasteiger partial charge in [0.05, 0.1) is 26.8 Å². The van der Waals surface area contributed by atoms with Crippen molar-refractivity contribution in [2.24, 2.45) is 7.05 Å². The first-order valence-electron chi connectivity index (χ1n) is 6.70. The molecular formula is C15H12Cl2N4OS. The standard InChI is InChI=1S/C15H12Cl2N4OS/c1-21-12-5-3-2-4-11(12)19-15(21)23-8-13(22)20-14-10(17)6-9(16)7-18-14/h2-7H,8H2,1H3,(H,18,20,22). The van der Waals surface area contributed by atoms with Gasteiger partial charge in [0.15, 0.2) is 11.0 Å². The molecule has 0 aliphatic carbocycles. The Morgan fingerprint density at radius 3 is 2.87 bits per heavy atom. The average molecular weight is 367 g/mol. The first-order chi connectivity index (χ1) is 11.0. The lowest BCUT2D eigenvalue weighted by molar-refractivity contribution is -0.113. The number of hydrogen-bond donors (Lipinski definition) is 1. The van der Waals surface area contributed by atoms with Gasteiger partial charge in [-0.25, -0.2) is 9.97 Å². The van der Waals surface area contributed by atoms with Crippen LogP contribution in [0.5, 0.6) is 0 Å². The van der Waals surface area contributed by atoms with Crippen LogP contribution >= 0.6 is 35.0 Å². The lowest BCUT2D eigenvalue weighted by Gasteiger charge is -2.06. The van der Waals surface area contributed by atoms with Crippen molar-refractivity contribution in [2.45, 2.75) is 5.16 Å². The number of rotatable bonds is 4. The summed E-state index contributed by atoms with van der Waals surface area (Å²) in [6, 6.07) is 9.36. The predicted octanol–water partition coefficient (Wildman–Crippen LogP) is 4.01. The zero-order valence-corrected chi connectivity index (χ0v) is 14.4. The minimum absolute atomic E-state index is 0.206. The van der Waals surface area contributed by atoms with E-state index in [1.54, 1.807) is 0 Å². The summed E-state index contributed by atoms with van der Waals surface area (Å²) in [5, 5.41) is 4.16. The summed E-state index contributed by atoms with van der Waals surface area (Å²) >= 11 is 13.1. The Morgan fingerprint density at radius 1 is 1.35 bits per heavy atom. The third-order valence-electron chi connectivity index (χ3n) is 3.14. The van der Waals surface area contributed by atoms with Gasteiger partial charge in [0.1, 0.15) is 0 Å². The summed E-state index contributed by atoms with van der Waals surface area (Å²) in [7, 11) is 1.92. The summed E-state index contributed by atoms with van der Waals surface area (Å²) < 4.78 is 1.96. The Bertz CT molecular complexity index is 881. The molecular weight excluding hydrogens is 355 g/mol. The van der Waals surface area contributed by atoms with Crippen molar-refractivity contribution < 1.29 is 4.79 Å². The zero-order valence-electron chi connectivity index (χ0n) is 12.1. The molecule has 2 heterocycles. The lowest BCUT2D eigenvalue weighted by atomic mass is 10.3. The molecule has 3 aromatic rings. The lowest BCUT2D eigenvalue weighted by Crippen LogP contribution is -2.15. The maximum Gasteiger partial charge on any atom is 0.236 e. The number of halogens is 2. The highest BCUT2D eigenvalue weighted by Gasteiger charge is 2.12. The predicted molar refractivity (Wildman–Crippen MR) is 94.3 cm³/mol. The van der Waals surface area contributed by atoms with E-state index < -0.39 is 0 Å². The summed E-state index contributed by atoms with van der Waals surface area (Å²) in [5.41, 5.74) is 1.93. The van der Waals surface area contributed by atoms with Crippen LogP contribution < -0.4 is 5.32 Å². The second-order valence-corrected chi connectivity index (χ2v) is 6.55. The summed E-state index contributed by atoms with van der Waals surface area (Å²) in [6.07, 6.45) is 1.43. The number of aryl methyl sites for hydroxylation is 1. The number of hydrogen-bond acceptors (Lipinski definition) is 4. The van der Waals surface area contributed by atoms with E-state index in [1.807, 2.05) is 35.9 Å². The van der Waals surface area contributed by atoms with Gasteiger partial charge >= 0.3 is 0 Å². The third kappa shape index (κ3) is 3.60. The first-order valence-corrected chi connectivity index (χ1v) is 8.44. The van der Waals surface area contributed by atoms with Crippen LogP contribution in [0.3, 0.4) is 0 Å². The number of benzene rings is 1. The molecule has 0 saturated heterocycles. The molecule has 118 valence electrons. The number of nitrogens with zero attached hydrogens (tertiary/aromatic N) is 3. The Balaban J connectivity index is 1.67. The number of anilines is 1. The Hall–Kier alpha value is -1.76. The summed E-state index contributed by atoms with van der Waals surface area (Å²) in [5.74, 6) is 0.295. The van der Waals surface area contributed by atoms with Crippen LogP contribution in [0.4, 0.5) is 5.82 Å². The van der Waals surface area contributed by atoms with Gasteiger partial charge in [-0.2, -0.15) is 0 Å². The molecule has 0 radical (unpaired) electrons. The summed E-state index contributed by atoms with van der Waals surface area (Å²) in [6.45, 7) is 0. The molecule has 1 N–H and O–H groups in total. The minimum atomic E-state index is -0.209. The largest absolute Gasteiger partial charge is 0.322 e. The number of thioether (sulfide) groups is 1. The van der Waals surface area contributed by atoms with Crippen LogP contribution in [0.15, 0.2) is 41.7 Å². The van der Waals surface area contributed by atoms with Gasteiger partial charge in [-0.1, -0.05) is 47.1 Å². The van der Waals surface area contributed by atoms with Crippen LogP contribution in [0.2, 0.25) is 10.0 Å². The van der Waals surface area contributed by atoms with E-state index in [1.165, 1.54) is 24.0 Å². The van der Waals surface area contributed by atoms with Crippen LogP contribution in [0.1, 0.15) is 0 Å². The third-order valence-corrected chi connectivity index (χ3v) is 4.67. The van der Waals surface area contributed by atoms with Crippen LogP contribution in [0, 0.1) is 0 Å². The highest BCUT2D eigenvalue weighted by molar-refractivity contribution is 7.99. The fourth-order valence-corrected chi connectivity index (χ4v) is 3.27. The van der Waals surface area contributed by atoms with Crippen LogP contribution in [-0.4, -0.2) is 26.2 Å². The molecule has 0 aliphatic rings. The Morgan fingerprint density at radius 2 is 2.13 bits per heavy atom. The monoisotopic (exact) mass is 366 g/mol. The van der Waals surface area contributed by atoms with Gasteiger partial charge in [0.2, 0.25) is 5.91 Å². The molecule has 5 nitrogen and oxygen atoms in total. The molecule has 8 heteroatoms. The van der Waals surface area contributed by atoms with E-state index in [0.717, 1.165) is 16.2 Å². The van der Waals surface area contributed by atoms with Gasteiger partial charge in [0.25, 0.3) is 0 Å². The van der Waals surface area contributed by atoms with Gasteiger partial charge in [0, 0.05) is 13.2 Å². The number of imidazole rings is 1. The molecule has 0 atom stereocenters. The van der Waals surface area contributed by atoms with Crippen molar-refractivity contribution in [3.8, 4) is 0 Å². The number of para-hydroxylation sites is 2. The highest BCUT2D eigenvalue weighted by atomic mass is 35.5. The number of amides is 1. The van der Waals surface area contributed by atoms with E-state index in [9.17, 15) is 4.79 Å². The number of aromatic nitrogens is 3. The average Bonchev–Trinajstić information content (AvgIpc) is 2.85. The van der Waals surface area contributed by atoms with Crippen molar-refractivity contribution in [3.63, 3.8) is 0 Å². The Kier molecular flexibility index (Phi) is 4.75. The first kappa shape index (κ1) is 16.1. The maximum atomic E-state index is 12.0. The fraction of sp³-hybridized carbons (Fsp3) is 0.133. The highest BCUT2D eigenvalue weighted by Crippen LogP contribution is 2.24. The molecule has 0 saturated carbocycles. The topological polar surface area (TPSA) is 59.8 Å². The van der Waals surface area contributed by atoms with Crippen LogP contribution in [0.25, 0.3) is 11.0 Å². The summed E-state index contributed by atoms with van der Waals surface area (Å²) in [4.78, 5) is 20.6. The number of carbonyl (C=O) groups excluding carboxylic acids is 1. The van der Waals surface area contributed by atoms with Crippen molar-refractivity contribution >= 4 is 57.7 Å². The van der Waals surface area contributed by atoms with E-state index in [0.29, 0.717) is 15.9 Å². The fourth-order valence-electron chi connectivity index (χ4n) is 2.06.